The predicted molar refractivity (Wildman–Crippen MR) is 57.3 cm³/mol. The Morgan fingerprint density at radius 2 is 2.12 bits per heavy atom. The van der Waals surface area contributed by atoms with Gasteiger partial charge in [0.25, 0.3) is 0 Å². The van der Waals surface area contributed by atoms with Crippen LogP contribution in [0, 0.1) is 11.6 Å². The lowest BCUT2D eigenvalue weighted by atomic mass is 10.2. The molecular formula is C10H6BrF2NO2. The van der Waals surface area contributed by atoms with Gasteiger partial charge in [0, 0.05) is 5.39 Å². The number of aromatic nitrogens is 1. The molecule has 0 unspecified atom stereocenters. The molecule has 0 atom stereocenters. The van der Waals surface area contributed by atoms with E-state index < -0.39 is 17.6 Å². The highest BCUT2D eigenvalue weighted by Gasteiger charge is 2.16. The summed E-state index contributed by atoms with van der Waals surface area (Å²) in [4.78, 5) is 13.8. The van der Waals surface area contributed by atoms with Crippen LogP contribution in [0.2, 0.25) is 0 Å². The van der Waals surface area contributed by atoms with Crippen LogP contribution in [0.3, 0.4) is 0 Å². The Kier molecular flexibility index (Phi) is 2.67. The summed E-state index contributed by atoms with van der Waals surface area (Å²) in [5, 5.41) is 0.133. The van der Waals surface area contributed by atoms with Gasteiger partial charge in [-0.1, -0.05) is 0 Å². The van der Waals surface area contributed by atoms with Gasteiger partial charge in [-0.3, -0.25) is 0 Å². The molecule has 0 saturated carbocycles. The van der Waals surface area contributed by atoms with Crippen molar-refractivity contribution in [2.45, 2.75) is 0 Å². The van der Waals surface area contributed by atoms with Crippen molar-refractivity contribution in [2.24, 2.45) is 0 Å². The molecule has 0 amide bonds. The predicted octanol–water partition coefficient (Wildman–Crippen LogP) is 3.00. The highest BCUT2D eigenvalue weighted by Crippen LogP contribution is 2.28. The number of hydrogen-bond donors (Lipinski definition) is 1. The van der Waals surface area contributed by atoms with Crippen LogP contribution in [0.25, 0.3) is 10.9 Å². The van der Waals surface area contributed by atoms with Crippen LogP contribution in [0.4, 0.5) is 8.78 Å². The van der Waals surface area contributed by atoms with Gasteiger partial charge < -0.3 is 9.72 Å². The standard InChI is InChI=1S/C10H6BrF2NO2/c1-16-10(15)7-2-4-6(14-7)3-5(12)8(11)9(4)13/h2-3,14H,1H3. The van der Waals surface area contributed by atoms with E-state index in [0.717, 1.165) is 6.07 Å². The van der Waals surface area contributed by atoms with E-state index in [1.165, 1.54) is 13.2 Å². The van der Waals surface area contributed by atoms with Gasteiger partial charge in [-0.25, -0.2) is 13.6 Å². The average Bonchev–Trinajstić information content (AvgIpc) is 2.69. The van der Waals surface area contributed by atoms with Gasteiger partial charge in [0.1, 0.15) is 17.3 Å². The van der Waals surface area contributed by atoms with Crippen molar-refractivity contribution in [2.75, 3.05) is 7.11 Å². The molecule has 2 aromatic rings. The van der Waals surface area contributed by atoms with Crippen LogP contribution in [-0.2, 0) is 4.74 Å². The largest absolute Gasteiger partial charge is 0.464 e. The third-order valence-electron chi connectivity index (χ3n) is 2.16. The van der Waals surface area contributed by atoms with Gasteiger partial charge in [0.05, 0.1) is 17.1 Å². The summed E-state index contributed by atoms with van der Waals surface area (Å²) in [5.41, 5.74) is 0.285. The second-order valence-corrected chi connectivity index (χ2v) is 3.92. The zero-order valence-corrected chi connectivity index (χ0v) is 9.69. The van der Waals surface area contributed by atoms with Crippen LogP contribution in [-0.4, -0.2) is 18.1 Å². The van der Waals surface area contributed by atoms with Crippen molar-refractivity contribution in [3.63, 3.8) is 0 Å². The summed E-state index contributed by atoms with van der Waals surface area (Å²) in [7, 11) is 1.21. The number of benzene rings is 1. The molecule has 1 heterocycles. The molecule has 1 aromatic heterocycles. The summed E-state index contributed by atoms with van der Waals surface area (Å²) in [5.74, 6) is -2.11. The number of carbonyl (C=O) groups is 1. The highest BCUT2D eigenvalue weighted by molar-refractivity contribution is 9.10. The topological polar surface area (TPSA) is 42.1 Å². The van der Waals surface area contributed by atoms with E-state index in [1.54, 1.807) is 0 Å². The summed E-state index contributed by atoms with van der Waals surface area (Å²) in [6.07, 6.45) is 0. The lowest BCUT2D eigenvalue weighted by Gasteiger charge is -1.97. The van der Waals surface area contributed by atoms with Gasteiger partial charge >= 0.3 is 5.97 Å². The van der Waals surface area contributed by atoms with Crippen LogP contribution in [0.5, 0.6) is 0 Å². The quantitative estimate of drug-likeness (QED) is 0.648. The maximum Gasteiger partial charge on any atom is 0.354 e. The van der Waals surface area contributed by atoms with Crippen molar-refractivity contribution < 1.29 is 18.3 Å². The number of ether oxygens (including phenoxy) is 1. The number of esters is 1. The average molecular weight is 290 g/mol. The molecule has 3 nitrogen and oxygen atoms in total. The van der Waals surface area contributed by atoms with Gasteiger partial charge in [-0.15, -0.1) is 0 Å². The molecule has 6 heteroatoms. The molecule has 0 aliphatic carbocycles. The van der Waals surface area contributed by atoms with E-state index in [-0.39, 0.29) is 21.1 Å². The number of fused-ring (bicyclic) bond motifs is 1. The van der Waals surface area contributed by atoms with E-state index >= 15 is 0 Å². The van der Waals surface area contributed by atoms with Crippen molar-refractivity contribution >= 4 is 32.8 Å². The smallest absolute Gasteiger partial charge is 0.354 e. The molecular weight excluding hydrogens is 284 g/mol. The summed E-state index contributed by atoms with van der Waals surface area (Å²) >= 11 is 2.78. The fraction of sp³-hybridized carbons (Fsp3) is 0.100. The second-order valence-electron chi connectivity index (χ2n) is 3.12. The maximum absolute atomic E-state index is 13.6. The first-order chi connectivity index (χ1) is 7.54. The number of carbonyl (C=O) groups excluding carboxylic acids is 1. The molecule has 0 saturated heterocycles. The van der Waals surface area contributed by atoms with Crippen molar-refractivity contribution in [3.8, 4) is 0 Å². The Morgan fingerprint density at radius 3 is 2.75 bits per heavy atom. The minimum atomic E-state index is -0.749. The molecule has 84 valence electrons. The molecule has 0 aliphatic rings. The number of rotatable bonds is 1. The lowest BCUT2D eigenvalue weighted by molar-refractivity contribution is 0.0595. The number of methoxy groups -OCH3 is 1. The number of halogens is 3. The molecule has 0 spiro atoms. The zero-order chi connectivity index (χ0) is 11.9. The SMILES string of the molecule is COC(=O)c1cc2c(F)c(Br)c(F)cc2[nH]1. The van der Waals surface area contributed by atoms with E-state index in [2.05, 4.69) is 25.7 Å². The molecule has 1 N–H and O–H groups in total. The maximum atomic E-state index is 13.6. The summed E-state index contributed by atoms with van der Waals surface area (Å²) in [6.45, 7) is 0. The van der Waals surface area contributed by atoms with Crippen LogP contribution in [0.15, 0.2) is 16.6 Å². The second kappa shape index (κ2) is 3.86. The van der Waals surface area contributed by atoms with E-state index in [9.17, 15) is 13.6 Å². The minimum absolute atomic E-state index is 0.0777. The monoisotopic (exact) mass is 289 g/mol. The molecule has 2 rings (SSSR count). The Balaban J connectivity index is 2.71. The Hall–Kier alpha value is -1.43. The Bertz CT molecular complexity index is 580. The molecule has 0 aliphatic heterocycles. The van der Waals surface area contributed by atoms with Gasteiger partial charge in [0.2, 0.25) is 0 Å². The number of H-pyrrole nitrogens is 1. The third kappa shape index (κ3) is 1.59. The van der Waals surface area contributed by atoms with E-state index in [0.29, 0.717) is 0 Å². The van der Waals surface area contributed by atoms with Gasteiger partial charge in [0.15, 0.2) is 0 Å². The van der Waals surface area contributed by atoms with Crippen LogP contribution < -0.4 is 0 Å². The Morgan fingerprint density at radius 1 is 1.44 bits per heavy atom. The fourth-order valence-electron chi connectivity index (χ4n) is 1.40. The lowest BCUT2D eigenvalue weighted by Crippen LogP contribution is -2.00. The van der Waals surface area contributed by atoms with Gasteiger partial charge in [-0.2, -0.15) is 0 Å². The van der Waals surface area contributed by atoms with Crippen LogP contribution in [0.1, 0.15) is 10.5 Å². The first kappa shape index (κ1) is 11.1. The molecule has 1 aromatic carbocycles. The first-order valence-electron chi connectivity index (χ1n) is 4.29. The molecule has 0 bridgehead atoms. The summed E-state index contributed by atoms with van der Waals surface area (Å²) < 4.78 is 31.0. The number of hydrogen-bond acceptors (Lipinski definition) is 2. The fourth-order valence-corrected chi connectivity index (χ4v) is 1.73. The number of aromatic amines is 1. The van der Waals surface area contributed by atoms with E-state index in [4.69, 9.17) is 0 Å². The van der Waals surface area contributed by atoms with Crippen molar-refractivity contribution in [3.05, 3.63) is 33.9 Å². The third-order valence-corrected chi connectivity index (χ3v) is 2.89. The van der Waals surface area contributed by atoms with Crippen molar-refractivity contribution in [1.29, 1.82) is 0 Å². The first-order valence-corrected chi connectivity index (χ1v) is 5.08. The molecule has 16 heavy (non-hydrogen) atoms. The molecule has 0 fully saturated rings. The zero-order valence-electron chi connectivity index (χ0n) is 8.11. The van der Waals surface area contributed by atoms with Gasteiger partial charge in [-0.05, 0) is 28.1 Å². The normalized spacial score (nSPS) is 10.8. The highest BCUT2D eigenvalue weighted by atomic mass is 79.9. The Labute approximate surface area is 97.5 Å². The van der Waals surface area contributed by atoms with E-state index in [1.807, 2.05) is 0 Å². The molecule has 0 radical (unpaired) electrons. The summed E-state index contributed by atoms with van der Waals surface area (Å²) in [6, 6.07) is 2.38. The minimum Gasteiger partial charge on any atom is -0.464 e. The van der Waals surface area contributed by atoms with Crippen molar-refractivity contribution in [1.82, 2.24) is 4.98 Å². The number of nitrogens with one attached hydrogen (secondary N) is 1. The van der Waals surface area contributed by atoms with Crippen LogP contribution >= 0.6 is 15.9 Å².